The highest BCUT2D eigenvalue weighted by molar-refractivity contribution is 9.10. The molecule has 4 nitrogen and oxygen atoms in total. The Labute approximate surface area is 105 Å². The maximum Gasteiger partial charge on any atom is 0.0739 e. The van der Waals surface area contributed by atoms with Crippen molar-refractivity contribution in [1.82, 2.24) is 15.1 Å². The summed E-state index contributed by atoms with van der Waals surface area (Å²) < 4.78 is 2.93. The molecule has 1 rings (SSSR count). The van der Waals surface area contributed by atoms with Crippen molar-refractivity contribution in [3.8, 4) is 0 Å². The van der Waals surface area contributed by atoms with Crippen LogP contribution < -0.4 is 5.32 Å². The van der Waals surface area contributed by atoms with E-state index in [1.165, 1.54) is 0 Å². The fourth-order valence-corrected chi connectivity index (χ4v) is 2.04. The minimum atomic E-state index is -0.0631. The van der Waals surface area contributed by atoms with Crippen molar-refractivity contribution in [2.75, 3.05) is 6.61 Å². The molecule has 0 bridgehead atoms. The number of aliphatic hydroxyl groups excluding tert-OH is 1. The van der Waals surface area contributed by atoms with Crippen LogP contribution in [0.15, 0.2) is 4.47 Å². The van der Waals surface area contributed by atoms with E-state index in [4.69, 9.17) is 5.11 Å². The summed E-state index contributed by atoms with van der Waals surface area (Å²) in [7, 11) is 1.94. The molecule has 2 N–H and O–H groups in total. The number of aryl methyl sites for hydroxylation is 2. The van der Waals surface area contributed by atoms with E-state index >= 15 is 0 Å². The lowest BCUT2D eigenvalue weighted by Gasteiger charge is -2.25. The summed E-state index contributed by atoms with van der Waals surface area (Å²) in [5.74, 6) is 0. The molecule has 1 aromatic heterocycles. The van der Waals surface area contributed by atoms with Crippen LogP contribution >= 0.6 is 15.9 Å². The molecule has 0 aromatic carbocycles. The smallest absolute Gasteiger partial charge is 0.0739 e. The molecule has 0 aliphatic rings. The SMILES string of the molecule is Cc1nn(C)c(CNC(C)(C)CCO)c1Br. The monoisotopic (exact) mass is 289 g/mol. The van der Waals surface area contributed by atoms with Crippen molar-refractivity contribution in [1.29, 1.82) is 0 Å². The van der Waals surface area contributed by atoms with Gasteiger partial charge in [-0.15, -0.1) is 0 Å². The van der Waals surface area contributed by atoms with Crippen molar-refractivity contribution in [3.05, 3.63) is 15.9 Å². The van der Waals surface area contributed by atoms with Gasteiger partial charge in [-0.2, -0.15) is 5.10 Å². The third-order valence-electron chi connectivity index (χ3n) is 2.73. The fourth-order valence-electron chi connectivity index (χ4n) is 1.56. The predicted octanol–water partition coefficient (Wildman–Crippen LogP) is 1.74. The minimum absolute atomic E-state index is 0.0631. The second kappa shape index (κ2) is 5.29. The van der Waals surface area contributed by atoms with E-state index in [1.807, 2.05) is 18.7 Å². The molecule has 0 spiro atoms. The minimum Gasteiger partial charge on any atom is -0.396 e. The first-order chi connectivity index (χ1) is 7.37. The van der Waals surface area contributed by atoms with Crippen molar-refractivity contribution in [3.63, 3.8) is 0 Å². The maximum absolute atomic E-state index is 8.95. The molecule has 0 unspecified atom stereocenters. The van der Waals surface area contributed by atoms with Gasteiger partial charge in [-0.05, 0) is 43.1 Å². The van der Waals surface area contributed by atoms with E-state index in [0.717, 1.165) is 28.8 Å². The predicted molar refractivity (Wildman–Crippen MR) is 68.3 cm³/mol. The third kappa shape index (κ3) is 3.30. The first-order valence-electron chi connectivity index (χ1n) is 5.41. The summed E-state index contributed by atoms with van der Waals surface area (Å²) in [4.78, 5) is 0. The molecule has 0 atom stereocenters. The zero-order chi connectivity index (χ0) is 12.3. The molecule has 16 heavy (non-hydrogen) atoms. The first kappa shape index (κ1) is 13.7. The van der Waals surface area contributed by atoms with Gasteiger partial charge >= 0.3 is 0 Å². The van der Waals surface area contributed by atoms with Gasteiger partial charge in [-0.25, -0.2) is 0 Å². The molecule has 0 radical (unpaired) electrons. The Kier molecular flexibility index (Phi) is 4.52. The Morgan fingerprint density at radius 3 is 2.56 bits per heavy atom. The number of aliphatic hydroxyl groups is 1. The third-order valence-corrected chi connectivity index (χ3v) is 3.76. The number of nitrogens with zero attached hydrogens (tertiary/aromatic N) is 2. The second-order valence-corrected chi connectivity index (χ2v) is 5.47. The molecular weight excluding hydrogens is 270 g/mol. The highest BCUT2D eigenvalue weighted by atomic mass is 79.9. The van der Waals surface area contributed by atoms with Gasteiger partial charge in [-0.1, -0.05) is 0 Å². The molecule has 5 heteroatoms. The highest BCUT2D eigenvalue weighted by Gasteiger charge is 2.18. The van der Waals surface area contributed by atoms with Crippen LogP contribution in [-0.2, 0) is 13.6 Å². The summed E-state index contributed by atoms with van der Waals surface area (Å²) in [6.07, 6.45) is 0.738. The normalized spacial score (nSPS) is 12.1. The average Bonchev–Trinajstić information content (AvgIpc) is 2.39. The molecule has 0 saturated carbocycles. The number of nitrogens with one attached hydrogen (secondary N) is 1. The molecule has 1 aromatic rings. The van der Waals surface area contributed by atoms with Crippen LogP contribution in [0.2, 0.25) is 0 Å². The van der Waals surface area contributed by atoms with Crippen LogP contribution in [0.3, 0.4) is 0 Å². The number of halogens is 1. The van der Waals surface area contributed by atoms with Crippen molar-refractivity contribution < 1.29 is 5.11 Å². The molecule has 92 valence electrons. The van der Waals surface area contributed by atoms with Gasteiger partial charge in [0, 0.05) is 25.7 Å². The first-order valence-corrected chi connectivity index (χ1v) is 6.20. The van der Waals surface area contributed by atoms with Crippen LogP contribution in [0.25, 0.3) is 0 Å². The van der Waals surface area contributed by atoms with Crippen molar-refractivity contribution >= 4 is 15.9 Å². The highest BCUT2D eigenvalue weighted by Crippen LogP contribution is 2.21. The molecular formula is C11H20BrN3O. The van der Waals surface area contributed by atoms with E-state index in [1.54, 1.807) is 0 Å². The lowest BCUT2D eigenvalue weighted by molar-refractivity contribution is 0.229. The van der Waals surface area contributed by atoms with Gasteiger partial charge < -0.3 is 10.4 Å². The Morgan fingerprint density at radius 1 is 1.50 bits per heavy atom. The topological polar surface area (TPSA) is 50.1 Å². The second-order valence-electron chi connectivity index (χ2n) is 4.68. The number of hydrogen-bond acceptors (Lipinski definition) is 3. The van der Waals surface area contributed by atoms with E-state index in [-0.39, 0.29) is 12.1 Å². The van der Waals surface area contributed by atoms with Gasteiger partial charge in [0.05, 0.1) is 15.9 Å². The van der Waals surface area contributed by atoms with E-state index in [9.17, 15) is 0 Å². The zero-order valence-corrected chi connectivity index (χ0v) is 11.9. The van der Waals surface area contributed by atoms with Gasteiger partial charge in [0.25, 0.3) is 0 Å². The molecule has 1 heterocycles. The lowest BCUT2D eigenvalue weighted by atomic mass is 10.0. The summed E-state index contributed by atoms with van der Waals surface area (Å²) >= 11 is 3.54. The molecule has 0 aliphatic carbocycles. The summed E-state index contributed by atoms with van der Waals surface area (Å²) in [6, 6.07) is 0. The fraction of sp³-hybridized carbons (Fsp3) is 0.727. The Balaban J connectivity index is 2.67. The van der Waals surface area contributed by atoms with Gasteiger partial charge in [-0.3, -0.25) is 4.68 Å². The van der Waals surface area contributed by atoms with Crippen LogP contribution in [0.1, 0.15) is 31.7 Å². The number of rotatable bonds is 5. The quantitative estimate of drug-likeness (QED) is 0.868. The molecule has 0 amide bonds. The van der Waals surface area contributed by atoms with Crippen LogP contribution in [0, 0.1) is 6.92 Å². The van der Waals surface area contributed by atoms with Crippen LogP contribution in [0.5, 0.6) is 0 Å². The Hall–Kier alpha value is -0.390. The van der Waals surface area contributed by atoms with Gasteiger partial charge in [0.2, 0.25) is 0 Å². The summed E-state index contributed by atoms with van der Waals surface area (Å²) in [5, 5.41) is 16.7. The van der Waals surface area contributed by atoms with E-state index < -0.39 is 0 Å². The van der Waals surface area contributed by atoms with Crippen molar-refractivity contribution in [2.24, 2.45) is 7.05 Å². The van der Waals surface area contributed by atoms with Crippen LogP contribution in [0.4, 0.5) is 0 Å². The Morgan fingerprint density at radius 2 is 2.12 bits per heavy atom. The van der Waals surface area contributed by atoms with Crippen molar-refractivity contribution in [2.45, 2.75) is 39.3 Å². The van der Waals surface area contributed by atoms with E-state index in [2.05, 4.69) is 40.2 Å². The Bertz CT molecular complexity index is 360. The maximum atomic E-state index is 8.95. The molecule has 0 aliphatic heterocycles. The standard InChI is InChI=1S/C11H20BrN3O/c1-8-10(12)9(15(4)14-8)7-13-11(2,3)5-6-16/h13,16H,5-7H2,1-4H3. The number of aromatic nitrogens is 2. The number of hydrogen-bond donors (Lipinski definition) is 2. The van der Waals surface area contributed by atoms with Crippen LogP contribution in [-0.4, -0.2) is 27.0 Å². The lowest BCUT2D eigenvalue weighted by Crippen LogP contribution is -2.39. The van der Waals surface area contributed by atoms with E-state index in [0.29, 0.717) is 0 Å². The van der Waals surface area contributed by atoms with Gasteiger partial charge in [0.1, 0.15) is 0 Å². The average molecular weight is 290 g/mol. The summed E-state index contributed by atoms with van der Waals surface area (Å²) in [5.41, 5.74) is 2.06. The largest absolute Gasteiger partial charge is 0.396 e. The molecule has 0 saturated heterocycles. The zero-order valence-electron chi connectivity index (χ0n) is 10.3. The summed E-state index contributed by atoms with van der Waals surface area (Å²) in [6.45, 7) is 7.09. The molecule has 0 fully saturated rings. The van der Waals surface area contributed by atoms with Gasteiger partial charge in [0.15, 0.2) is 0 Å².